The van der Waals surface area contributed by atoms with Crippen LogP contribution in [0.3, 0.4) is 0 Å². The van der Waals surface area contributed by atoms with E-state index in [1.165, 1.54) is 5.56 Å². The molecule has 2 N–H and O–H groups in total. The summed E-state index contributed by atoms with van der Waals surface area (Å²) in [4.78, 5) is 18.4. The first kappa shape index (κ1) is 23.5. The highest BCUT2D eigenvalue weighted by atomic mass is 127. The molecule has 148 valence electrons. The Kier molecular flexibility index (Phi) is 9.86. The van der Waals surface area contributed by atoms with Gasteiger partial charge >= 0.3 is 0 Å². The van der Waals surface area contributed by atoms with Crippen LogP contribution in [0.15, 0.2) is 46.0 Å². The molecule has 1 aromatic heterocycles. The molecule has 0 atom stereocenters. The van der Waals surface area contributed by atoms with Crippen molar-refractivity contribution in [2.45, 2.75) is 19.9 Å². The van der Waals surface area contributed by atoms with Crippen LogP contribution >= 0.6 is 39.9 Å². The molecule has 27 heavy (non-hydrogen) atoms. The number of rotatable bonds is 6. The van der Waals surface area contributed by atoms with Crippen LogP contribution in [0.4, 0.5) is 5.69 Å². The number of anilines is 1. The van der Waals surface area contributed by atoms with Crippen LogP contribution in [0.1, 0.15) is 18.2 Å². The van der Waals surface area contributed by atoms with E-state index >= 15 is 0 Å². The average molecular weight is 548 g/mol. The Morgan fingerprint density at radius 1 is 1.33 bits per heavy atom. The lowest BCUT2D eigenvalue weighted by Gasteiger charge is -2.22. The van der Waals surface area contributed by atoms with Crippen LogP contribution in [-0.4, -0.2) is 42.0 Å². The van der Waals surface area contributed by atoms with E-state index in [0.29, 0.717) is 12.5 Å². The van der Waals surface area contributed by atoms with Gasteiger partial charge in [-0.25, -0.2) is 0 Å². The number of carbonyl (C=O) groups excluding carboxylic acids is 1. The highest BCUT2D eigenvalue weighted by Crippen LogP contribution is 2.15. The van der Waals surface area contributed by atoms with Crippen molar-refractivity contribution in [2.24, 2.45) is 12.0 Å². The molecule has 0 saturated carbocycles. The van der Waals surface area contributed by atoms with Crippen molar-refractivity contribution in [3.8, 4) is 0 Å². The normalized spacial score (nSPS) is 10.9. The van der Waals surface area contributed by atoms with Crippen molar-refractivity contribution in [2.75, 3.05) is 26.0 Å². The number of carbonyl (C=O) groups is 1. The minimum Gasteiger partial charge on any atom is -0.352 e. The summed E-state index contributed by atoms with van der Waals surface area (Å²) in [5, 5.41) is 6.02. The fourth-order valence-electron chi connectivity index (χ4n) is 2.66. The summed E-state index contributed by atoms with van der Waals surface area (Å²) < 4.78 is 3.10. The molecular weight excluding hydrogens is 521 g/mol. The molecule has 1 aromatic carbocycles. The van der Waals surface area contributed by atoms with E-state index in [2.05, 4.69) is 49.1 Å². The number of nitrogens with one attached hydrogen (secondary N) is 2. The highest BCUT2D eigenvalue weighted by Gasteiger charge is 2.11. The summed E-state index contributed by atoms with van der Waals surface area (Å²) in [6, 6.07) is 9.95. The summed E-state index contributed by atoms with van der Waals surface area (Å²) in [7, 11) is 5.66. The number of hydrogen-bond acceptors (Lipinski definition) is 2. The Labute approximate surface area is 186 Å². The summed E-state index contributed by atoms with van der Waals surface area (Å²) >= 11 is 3.48. The van der Waals surface area contributed by atoms with Gasteiger partial charge in [-0.3, -0.25) is 9.79 Å². The highest BCUT2D eigenvalue weighted by molar-refractivity contribution is 14.0. The predicted octanol–water partition coefficient (Wildman–Crippen LogP) is 3.61. The molecule has 2 aromatic rings. The van der Waals surface area contributed by atoms with Gasteiger partial charge in [0.15, 0.2) is 5.96 Å². The van der Waals surface area contributed by atoms with Gasteiger partial charge in [-0.05, 0) is 46.1 Å². The number of amides is 1. The lowest BCUT2D eigenvalue weighted by Crippen LogP contribution is -2.42. The maximum Gasteiger partial charge on any atom is 0.243 e. The second kappa shape index (κ2) is 11.3. The fraction of sp³-hybridized carbons (Fsp3) is 0.368. The van der Waals surface area contributed by atoms with Gasteiger partial charge in [0.25, 0.3) is 0 Å². The predicted molar refractivity (Wildman–Crippen MR) is 126 cm³/mol. The van der Waals surface area contributed by atoms with Crippen molar-refractivity contribution in [3.05, 3.63) is 52.3 Å². The molecule has 8 heteroatoms. The fourth-order valence-corrected chi connectivity index (χ4v) is 3.23. The molecule has 0 radical (unpaired) electrons. The van der Waals surface area contributed by atoms with Gasteiger partial charge in [0.05, 0.1) is 13.1 Å². The van der Waals surface area contributed by atoms with Crippen LogP contribution in [0, 0.1) is 0 Å². The van der Waals surface area contributed by atoms with E-state index in [4.69, 9.17) is 0 Å². The van der Waals surface area contributed by atoms with E-state index < -0.39 is 0 Å². The lowest BCUT2D eigenvalue weighted by atomic mass is 10.1. The van der Waals surface area contributed by atoms with Crippen molar-refractivity contribution in [1.29, 1.82) is 0 Å². The minimum atomic E-state index is -0.102. The second-order valence-electron chi connectivity index (χ2n) is 6.12. The number of benzene rings is 1. The van der Waals surface area contributed by atoms with Gasteiger partial charge in [-0.2, -0.15) is 0 Å². The molecule has 1 heterocycles. The minimum absolute atomic E-state index is 0. The van der Waals surface area contributed by atoms with E-state index in [1.807, 2.05) is 49.5 Å². The number of nitrogens with zero attached hydrogens (tertiary/aromatic N) is 3. The van der Waals surface area contributed by atoms with E-state index in [1.54, 1.807) is 7.05 Å². The number of aromatic nitrogens is 1. The summed E-state index contributed by atoms with van der Waals surface area (Å²) in [5.74, 6) is 0.564. The van der Waals surface area contributed by atoms with Crippen molar-refractivity contribution in [1.82, 2.24) is 14.8 Å². The smallest absolute Gasteiger partial charge is 0.243 e. The molecule has 0 aliphatic heterocycles. The SMILES string of the molecule is CCc1cccc(NC(=O)CNC(=NC)N(C)Cc2cc(Br)cn2C)c1.I. The number of halogens is 2. The van der Waals surface area contributed by atoms with Gasteiger partial charge in [0.2, 0.25) is 5.91 Å². The Balaban J connectivity index is 0.00000364. The molecule has 0 spiro atoms. The first-order valence-corrected chi connectivity index (χ1v) is 9.33. The van der Waals surface area contributed by atoms with Crippen LogP contribution < -0.4 is 10.6 Å². The maximum absolute atomic E-state index is 12.2. The Bertz CT molecular complexity index is 790. The first-order valence-electron chi connectivity index (χ1n) is 8.54. The zero-order chi connectivity index (χ0) is 19.1. The molecule has 0 aliphatic rings. The Morgan fingerprint density at radius 3 is 2.67 bits per heavy atom. The van der Waals surface area contributed by atoms with E-state index in [-0.39, 0.29) is 36.4 Å². The third-order valence-corrected chi connectivity index (χ3v) is 4.51. The molecule has 0 unspecified atom stereocenters. The van der Waals surface area contributed by atoms with E-state index in [9.17, 15) is 4.79 Å². The number of hydrogen-bond donors (Lipinski definition) is 2. The topological polar surface area (TPSA) is 61.7 Å². The average Bonchev–Trinajstić information content (AvgIpc) is 2.92. The van der Waals surface area contributed by atoms with Gasteiger partial charge < -0.3 is 20.1 Å². The summed E-state index contributed by atoms with van der Waals surface area (Å²) in [5.41, 5.74) is 3.15. The van der Waals surface area contributed by atoms with Gasteiger partial charge in [-0.15, -0.1) is 24.0 Å². The zero-order valence-electron chi connectivity index (χ0n) is 16.1. The molecule has 0 saturated heterocycles. The first-order chi connectivity index (χ1) is 12.4. The third-order valence-electron chi connectivity index (χ3n) is 4.07. The monoisotopic (exact) mass is 547 g/mol. The molecule has 0 fully saturated rings. The number of aryl methyl sites for hydroxylation is 2. The number of guanidine groups is 1. The van der Waals surface area contributed by atoms with Crippen LogP contribution in [0.25, 0.3) is 0 Å². The summed E-state index contributed by atoms with van der Waals surface area (Å²) in [6.07, 6.45) is 2.95. The standard InChI is InChI=1S/C19H26BrN5O.HI/c1-5-14-7-6-8-16(9-14)23-18(26)11-22-19(21-2)25(4)13-17-10-15(20)12-24(17)3;/h6-10,12H,5,11,13H2,1-4H3,(H,21,22)(H,23,26);1H. The van der Waals surface area contributed by atoms with Gasteiger partial charge in [0, 0.05) is 43.2 Å². The molecule has 0 bridgehead atoms. The maximum atomic E-state index is 12.2. The molecule has 2 rings (SSSR count). The largest absolute Gasteiger partial charge is 0.352 e. The van der Waals surface area contributed by atoms with E-state index in [0.717, 1.165) is 22.3 Å². The molecule has 1 amide bonds. The van der Waals surface area contributed by atoms with Crippen molar-refractivity contribution >= 4 is 57.5 Å². The van der Waals surface area contributed by atoms with Crippen LogP contribution in [0.5, 0.6) is 0 Å². The lowest BCUT2D eigenvalue weighted by molar-refractivity contribution is -0.115. The van der Waals surface area contributed by atoms with Crippen molar-refractivity contribution < 1.29 is 4.79 Å². The number of aliphatic imine (C=N–C) groups is 1. The van der Waals surface area contributed by atoms with Crippen molar-refractivity contribution in [3.63, 3.8) is 0 Å². The zero-order valence-corrected chi connectivity index (χ0v) is 20.0. The molecule has 6 nitrogen and oxygen atoms in total. The summed E-state index contributed by atoms with van der Waals surface area (Å²) in [6.45, 7) is 2.93. The van der Waals surface area contributed by atoms with Crippen LogP contribution in [0.2, 0.25) is 0 Å². The Hall–Kier alpha value is -1.55. The van der Waals surface area contributed by atoms with Crippen LogP contribution in [-0.2, 0) is 24.8 Å². The molecular formula is C19H27BrIN5O. The Morgan fingerprint density at radius 2 is 2.07 bits per heavy atom. The molecule has 0 aliphatic carbocycles. The quantitative estimate of drug-likeness (QED) is 0.330. The van der Waals surface area contributed by atoms with Gasteiger partial charge in [0.1, 0.15) is 0 Å². The second-order valence-corrected chi connectivity index (χ2v) is 7.04. The van der Waals surface area contributed by atoms with Gasteiger partial charge in [-0.1, -0.05) is 19.1 Å². The third kappa shape index (κ3) is 7.17.